The largest absolute Gasteiger partial charge is 0.496 e. The van der Waals surface area contributed by atoms with Crippen LogP contribution in [-0.4, -0.2) is 30.1 Å². The third kappa shape index (κ3) is 5.27. The monoisotopic (exact) mass is 590 g/mol. The minimum absolute atomic E-state index is 0.0894. The number of benzene rings is 4. The van der Waals surface area contributed by atoms with E-state index in [-0.39, 0.29) is 12.4 Å². The standard InChI is InChI=1S/C33H23ClN4O5/c1-40-27-12-7-13-28-25(27)16-30(43-28)32-37-26-11-6-5-10-24(26)33(39)38(32)36-18-22-14-23(34)15-29(41-2)31(22)42-19-21-9-4-3-8-20(21)17-35/h3-16,18H,19H2,1-2H3. The molecule has 9 nitrogen and oxygen atoms in total. The van der Waals surface area contributed by atoms with Gasteiger partial charge in [0.25, 0.3) is 5.56 Å². The Morgan fingerprint density at radius 2 is 1.77 bits per heavy atom. The van der Waals surface area contributed by atoms with Gasteiger partial charge in [-0.15, -0.1) is 0 Å². The quantitative estimate of drug-likeness (QED) is 0.179. The van der Waals surface area contributed by atoms with Gasteiger partial charge in [0.1, 0.15) is 17.9 Å². The van der Waals surface area contributed by atoms with E-state index in [1.165, 1.54) is 18.0 Å². The van der Waals surface area contributed by atoms with Crippen LogP contribution >= 0.6 is 11.6 Å². The van der Waals surface area contributed by atoms with Crippen molar-refractivity contribution in [1.29, 1.82) is 5.26 Å². The molecule has 0 fully saturated rings. The molecule has 0 amide bonds. The molecule has 4 aromatic carbocycles. The number of ether oxygens (including phenoxy) is 3. The Labute approximate surface area is 250 Å². The summed E-state index contributed by atoms with van der Waals surface area (Å²) in [6.45, 7) is 0.0894. The normalized spacial score (nSPS) is 11.2. The van der Waals surface area contributed by atoms with Crippen molar-refractivity contribution in [2.75, 3.05) is 14.2 Å². The highest BCUT2D eigenvalue weighted by Crippen LogP contribution is 2.36. The van der Waals surface area contributed by atoms with Gasteiger partial charge in [0, 0.05) is 22.2 Å². The molecule has 2 heterocycles. The fourth-order valence-electron chi connectivity index (χ4n) is 4.73. The van der Waals surface area contributed by atoms with Gasteiger partial charge in [0.2, 0.25) is 5.82 Å². The first-order chi connectivity index (χ1) is 21.0. The molecule has 0 saturated heterocycles. The predicted molar refractivity (Wildman–Crippen MR) is 164 cm³/mol. The summed E-state index contributed by atoms with van der Waals surface area (Å²) in [6.07, 6.45) is 1.45. The van der Waals surface area contributed by atoms with Crippen molar-refractivity contribution in [3.8, 4) is 34.9 Å². The number of furan rings is 1. The first-order valence-electron chi connectivity index (χ1n) is 13.1. The minimum Gasteiger partial charge on any atom is -0.496 e. The number of rotatable bonds is 8. The lowest BCUT2D eigenvalue weighted by Crippen LogP contribution is -2.20. The number of hydrogen-bond donors (Lipinski definition) is 0. The summed E-state index contributed by atoms with van der Waals surface area (Å²) in [7, 11) is 3.07. The topological polar surface area (TPSA) is 112 Å². The van der Waals surface area contributed by atoms with E-state index < -0.39 is 5.56 Å². The third-order valence-electron chi connectivity index (χ3n) is 6.81. The van der Waals surface area contributed by atoms with Crippen LogP contribution in [0.2, 0.25) is 5.02 Å². The molecule has 0 aliphatic rings. The van der Waals surface area contributed by atoms with E-state index in [0.717, 1.165) is 5.39 Å². The van der Waals surface area contributed by atoms with Crippen LogP contribution in [0.15, 0.2) is 99.2 Å². The first kappa shape index (κ1) is 27.6. The maximum absolute atomic E-state index is 13.8. The number of aromatic nitrogens is 2. The highest BCUT2D eigenvalue weighted by atomic mass is 35.5. The molecule has 43 heavy (non-hydrogen) atoms. The van der Waals surface area contributed by atoms with E-state index in [1.54, 1.807) is 67.8 Å². The number of fused-ring (bicyclic) bond motifs is 2. The van der Waals surface area contributed by atoms with E-state index in [1.807, 2.05) is 24.3 Å². The van der Waals surface area contributed by atoms with Crippen molar-refractivity contribution in [3.63, 3.8) is 0 Å². The summed E-state index contributed by atoms with van der Waals surface area (Å²) < 4.78 is 24.5. The molecular formula is C33H23ClN4O5. The van der Waals surface area contributed by atoms with Crippen LogP contribution in [0.1, 0.15) is 16.7 Å². The summed E-state index contributed by atoms with van der Waals surface area (Å²) in [5, 5.41) is 15.5. The van der Waals surface area contributed by atoms with E-state index in [4.69, 9.17) is 35.2 Å². The molecule has 0 radical (unpaired) electrons. The summed E-state index contributed by atoms with van der Waals surface area (Å²) in [5.41, 5.74) is 2.29. The zero-order valence-corrected chi connectivity index (χ0v) is 23.8. The lowest BCUT2D eigenvalue weighted by Gasteiger charge is -2.15. The fourth-order valence-corrected chi connectivity index (χ4v) is 4.95. The number of halogens is 1. The summed E-state index contributed by atoms with van der Waals surface area (Å²) in [5.74, 6) is 1.83. The van der Waals surface area contributed by atoms with Crippen molar-refractivity contribution in [1.82, 2.24) is 9.66 Å². The third-order valence-corrected chi connectivity index (χ3v) is 7.02. The fraction of sp³-hybridized carbons (Fsp3) is 0.0909. The van der Waals surface area contributed by atoms with Crippen molar-refractivity contribution in [3.05, 3.63) is 117 Å². The summed E-state index contributed by atoms with van der Waals surface area (Å²) in [4.78, 5) is 18.5. The molecule has 0 bridgehead atoms. The maximum Gasteiger partial charge on any atom is 0.282 e. The molecule has 0 unspecified atom stereocenters. The van der Waals surface area contributed by atoms with Gasteiger partial charge in [-0.2, -0.15) is 15.0 Å². The number of para-hydroxylation sites is 1. The summed E-state index contributed by atoms with van der Waals surface area (Å²) in [6, 6.07) is 26.8. The van der Waals surface area contributed by atoms with Crippen LogP contribution in [0.3, 0.4) is 0 Å². The number of methoxy groups -OCH3 is 2. The lowest BCUT2D eigenvalue weighted by atomic mass is 10.1. The number of nitriles is 1. The molecule has 0 atom stereocenters. The Hall–Kier alpha value is -5.59. The van der Waals surface area contributed by atoms with Crippen LogP contribution in [0.5, 0.6) is 17.2 Å². The van der Waals surface area contributed by atoms with Crippen LogP contribution in [0.25, 0.3) is 33.5 Å². The van der Waals surface area contributed by atoms with Crippen LogP contribution in [0.4, 0.5) is 0 Å². The van der Waals surface area contributed by atoms with Gasteiger partial charge in [-0.05, 0) is 42.5 Å². The number of hydrogen-bond acceptors (Lipinski definition) is 8. The van der Waals surface area contributed by atoms with Gasteiger partial charge >= 0.3 is 0 Å². The second kappa shape index (κ2) is 11.7. The molecule has 2 aromatic heterocycles. The van der Waals surface area contributed by atoms with Crippen molar-refractivity contribution in [2.45, 2.75) is 6.61 Å². The van der Waals surface area contributed by atoms with Gasteiger partial charge in [-0.25, -0.2) is 4.98 Å². The van der Waals surface area contributed by atoms with Gasteiger partial charge in [0.15, 0.2) is 17.3 Å². The van der Waals surface area contributed by atoms with Crippen LogP contribution in [0, 0.1) is 11.3 Å². The molecule has 0 N–H and O–H groups in total. The van der Waals surface area contributed by atoms with E-state index in [2.05, 4.69) is 11.2 Å². The van der Waals surface area contributed by atoms with Crippen LogP contribution in [-0.2, 0) is 6.61 Å². The highest BCUT2D eigenvalue weighted by Gasteiger charge is 2.19. The molecule has 6 rings (SSSR count). The summed E-state index contributed by atoms with van der Waals surface area (Å²) >= 11 is 6.41. The Bertz CT molecular complexity index is 2130. The maximum atomic E-state index is 13.8. The van der Waals surface area contributed by atoms with E-state index in [9.17, 15) is 10.1 Å². The zero-order chi connectivity index (χ0) is 29.9. The Kier molecular flexibility index (Phi) is 7.52. The highest BCUT2D eigenvalue weighted by molar-refractivity contribution is 6.31. The Balaban J connectivity index is 1.49. The zero-order valence-electron chi connectivity index (χ0n) is 23.1. The van der Waals surface area contributed by atoms with Gasteiger partial charge in [-0.3, -0.25) is 4.79 Å². The molecule has 0 spiro atoms. The molecule has 0 aliphatic carbocycles. The molecule has 212 valence electrons. The SMILES string of the molecule is COc1cc(Cl)cc(C=Nn2c(-c3cc4c(OC)cccc4o3)nc3ccccc3c2=O)c1OCc1ccccc1C#N. The van der Waals surface area contributed by atoms with Crippen molar-refractivity contribution < 1.29 is 18.6 Å². The average molecular weight is 591 g/mol. The Morgan fingerprint density at radius 3 is 2.58 bits per heavy atom. The second-order valence-corrected chi connectivity index (χ2v) is 9.82. The van der Waals surface area contributed by atoms with E-state index >= 15 is 0 Å². The molecule has 10 heteroatoms. The van der Waals surface area contributed by atoms with E-state index in [0.29, 0.717) is 61.2 Å². The Morgan fingerprint density at radius 1 is 0.977 bits per heavy atom. The second-order valence-electron chi connectivity index (χ2n) is 9.38. The van der Waals surface area contributed by atoms with Gasteiger partial charge in [0.05, 0.1) is 48.4 Å². The first-order valence-corrected chi connectivity index (χ1v) is 13.5. The molecule has 6 aromatic rings. The molecule has 0 saturated carbocycles. The van der Waals surface area contributed by atoms with Crippen molar-refractivity contribution in [2.24, 2.45) is 5.10 Å². The van der Waals surface area contributed by atoms with Crippen molar-refractivity contribution >= 4 is 39.7 Å². The number of nitrogens with zero attached hydrogens (tertiary/aromatic N) is 4. The molecule has 0 aliphatic heterocycles. The van der Waals surface area contributed by atoms with Gasteiger partial charge in [-0.1, -0.05) is 48.0 Å². The minimum atomic E-state index is -0.399. The lowest BCUT2D eigenvalue weighted by molar-refractivity contribution is 0.284. The van der Waals surface area contributed by atoms with Crippen LogP contribution < -0.4 is 19.8 Å². The predicted octanol–water partition coefficient (Wildman–Crippen LogP) is 6.81. The average Bonchev–Trinajstić information content (AvgIpc) is 3.48. The van der Waals surface area contributed by atoms with Gasteiger partial charge < -0.3 is 18.6 Å². The smallest absolute Gasteiger partial charge is 0.282 e. The molecular weight excluding hydrogens is 568 g/mol.